The van der Waals surface area contributed by atoms with E-state index in [1.807, 2.05) is 6.20 Å². The first-order valence-corrected chi connectivity index (χ1v) is 7.28. The molecule has 1 aromatic rings. The van der Waals surface area contributed by atoms with Crippen molar-refractivity contribution in [3.05, 3.63) is 18.2 Å². The summed E-state index contributed by atoms with van der Waals surface area (Å²) in [6.07, 6.45) is 3.69. The monoisotopic (exact) mass is 211 g/mol. The van der Waals surface area contributed by atoms with E-state index in [-0.39, 0.29) is 11.5 Å². The van der Waals surface area contributed by atoms with Crippen LogP contribution < -0.4 is 0 Å². The molecule has 0 bridgehead atoms. The smallest absolute Gasteiger partial charge is 0.206 e. The Hall–Kier alpha value is -0.613. The van der Waals surface area contributed by atoms with Crippen molar-refractivity contribution in [3.63, 3.8) is 0 Å². The van der Waals surface area contributed by atoms with Crippen LogP contribution in [0.4, 0.5) is 0 Å². The molecule has 0 fully saturated rings. The fourth-order valence-corrected chi connectivity index (χ4v) is 2.24. The van der Waals surface area contributed by atoms with Crippen molar-refractivity contribution >= 4 is 9.04 Å². The molecule has 0 saturated carbocycles. The van der Waals surface area contributed by atoms with Gasteiger partial charge in [0.05, 0.1) is 0 Å². The summed E-state index contributed by atoms with van der Waals surface area (Å²) in [5.74, 6) is 0.934. The highest BCUT2D eigenvalue weighted by molar-refractivity contribution is 6.48. The van der Waals surface area contributed by atoms with Crippen LogP contribution in [0.25, 0.3) is 0 Å². The van der Waals surface area contributed by atoms with Crippen LogP contribution in [0.2, 0.25) is 13.1 Å². The van der Waals surface area contributed by atoms with Crippen molar-refractivity contribution in [3.8, 4) is 0 Å². The number of aromatic nitrogens is 2. The molecular formula is C10H19N2OSi. The molecule has 3 nitrogen and oxygen atoms in total. The first-order chi connectivity index (χ1) is 6.41. The average molecular weight is 211 g/mol. The van der Waals surface area contributed by atoms with Crippen LogP contribution in [0.5, 0.6) is 0 Å². The van der Waals surface area contributed by atoms with Gasteiger partial charge in [-0.3, -0.25) is 0 Å². The molecule has 1 unspecified atom stereocenters. The third-order valence-electron chi connectivity index (χ3n) is 1.91. The summed E-state index contributed by atoms with van der Waals surface area (Å²) >= 11 is 0. The summed E-state index contributed by atoms with van der Waals surface area (Å²) < 4.78 is 5.97. The molecule has 0 saturated heterocycles. The lowest BCUT2D eigenvalue weighted by molar-refractivity contribution is 0.0793. The van der Waals surface area contributed by atoms with Crippen molar-refractivity contribution in [2.75, 3.05) is 0 Å². The molecule has 0 aliphatic carbocycles. The first kappa shape index (κ1) is 11.5. The van der Waals surface area contributed by atoms with E-state index in [1.54, 1.807) is 6.20 Å². The zero-order valence-corrected chi connectivity index (χ0v) is 10.6. The Labute approximate surface area is 87.6 Å². The van der Waals surface area contributed by atoms with Gasteiger partial charge in [-0.1, -0.05) is 20.8 Å². The van der Waals surface area contributed by atoms with Gasteiger partial charge < -0.3 is 9.41 Å². The molecule has 0 amide bonds. The highest BCUT2D eigenvalue weighted by Crippen LogP contribution is 2.34. The normalized spacial score (nSPS) is 14.7. The second-order valence-corrected chi connectivity index (χ2v) is 6.80. The Bertz CT molecular complexity index is 264. The van der Waals surface area contributed by atoms with E-state index in [9.17, 15) is 0 Å². The van der Waals surface area contributed by atoms with Crippen LogP contribution in [0.3, 0.4) is 0 Å². The van der Waals surface area contributed by atoms with Gasteiger partial charge in [-0.25, -0.2) is 4.98 Å². The van der Waals surface area contributed by atoms with Crippen molar-refractivity contribution in [2.45, 2.75) is 40.0 Å². The van der Waals surface area contributed by atoms with E-state index in [4.69, 9.17) is 4.43 Å². The Balaban J connectivity index is 2.83. The van der Waals surface area contributed by atoms with Crippen LogP contribution in [-0.2, 0) is 4.43 Å². The van der Waals surface area contributed by atoms with Gasteiger partial charge in [-0.2, -0.15) is 0 Å². The van der Waals surface area contributed by atoms with Gasteiger partial charge in [0.15, 0.2) is 0 Å². The van der Waals surface area contributed by atoms with E-state index >= 15 is 0 Å². The number of H-pyrrole nitrogens is 1. The lowest BCUT2D eigenvalue weighted by atomic mass is 9.89. The van der Waals surface area contributed by atoms with Crippen molar-refractivity contribution in [2.24, 2.45) is 5.41 Å². The molecule has 4 heteroatoms. The lowest BCUT2D eigenvalue weighted by Gasteiger charge is -2.30. The van der Waals surface area contributed by atoms with Gasteiger partial charge in [-0.05, 0) is 18.5 Å². The largest absolute Gasteiger partial charge is 0.407 e. The molecule has 0 spiro atoms. The molecule has 1 rings (SSSR count). The minimum Gasteiger partial charge on any atom is -0.407 e. The minimum absolute atomic E-state index is 0.0707. The standard InChI is InChI=1S/C10H19N2OSi/c1-10(2,3)8(13-14(4)5)9-11-6-7-12-9/h6-8H,1-5H3,(H,11,12). The highest BCUT2D eigenvalue weighted by atomic mass is 28.3. The molecule has 1 atom stereocenters. The number of hydrogen-bond donors (Lipinski definition) is 1. The number of nitrogens with one attached hydrogen (secondary N) is 1. The maximum Gasteiger partial charge on any atom is 0.206 e. The van der Waals surface area contributed by atoms with Crippen LogP contribution in [0.1, 0.15) is 32.7 Å². The first-order valence-electron chi connectivity index (χ1n) is 4.87. The lowest BCUT2D eigenvalue weighted by Crippen LogP contribution is -2.26. The van der Waals surface area contributed by atoms with Gasteiger partial charge in [0.1, 0.15) is 11.9 Å². The Morgan fingerprint density at radius 1 is 1.43 bits per heavy atom. The van der Waals surface area contributed by atoms with Gasteiger partial charge in [-0.15, -0.1) is 0 Å². The minimum atomic E-state index is -0.701. The zero-order valence-electron chi connectivity index (χ0n) is 9.59. The van der Waals surface area contributed by atoms with Gasteiger partial charge in [0.2, 0.25) is 9.04 Å². The van der Waals surface area contributed by atoms with E-state index in [0.717, 1.165) is 5.82 Å². The van der Waals surface area contributed by atoms with Crippen LogP contribution in [0, 0.1) is 5.41 Å². The number of hydrogen-bond acceptors (Lipinski definition) is 2. The summed E-state index contributed by atoms with van der Waals surface area (Å²) in [6, 6.07) is 0. The molecule has 1 aromatic heterocycles. The van der Waals surface area contributed by atoms with Crippen LogP contribution in [0.15, 0.2) is 12.4 Å². The summed E-state index contributed by atoms with van der Waals surface area (Å²) in [5.41, 5.74) is 0.0831. The molecule has 14 heavy (non-hydrogen) atoms. The summed E-state index contributed by atoms with van der Waals surface area (Å²) in [4.78, 5) is 7.40. The SMILES string of the molecule is C[Si](C)OC(c1ncc[nH]1)C(C)(C)C. The van der Waals surface area contributed by atoms with E-state index in [0.29, 0.717) is 0 Å². The molecular weight excluding hydrogens is 192 g/mol. The van der Waals surface area contributed by atoms with Gasteiger partial charge >= 0.3 is 0 Å². The second-order valence-electron chi connectivity index (χ2n) is 4.75. The highest BCUT2D eigenvalue weighted by Gasteiger charge is 2.29. The predicted molar refractivity (Wildman–Crippen MR) is 59.4 cm³/mol. The number of aromatic amines is 1. The third-order valence-corrected chi connectivity index (χ3v) is 2.61. The van der Waals surface area contributed by atoms with Crippen LogP contribution >= 0.6 is 0 Å². The van der Waals surface area contributed by atoms with Gasteiger partial charge in [0, 0.05) is 12.4 Å². The number of imidazole rings is 1. The molecule has 1 radical (unpaired) electrons. The molecule has 0 aromatic carbocycles. The van der Waals surface area contributed by atoms with Crippen molar-refractivity contribution < 1.29 is 4.43 Å². The van der Waals surface area contributed by atoms with Crippen molar-refractivity contribution in [1.29, 1.82) is 0 Å². The van der Waals surface area contributed by atoms with Crippen LogP contribution in [-0.4, -0.2) is 19.0 Å². The van der Waals surface area contributed by atoms with E-state index in [1.165, 1.54) is 0 Å². The van der Waals surface area contributed by atoms with E-state index < -0.39 is 9.04 Å². The van der Waals surface area contributed by atoms with E-state index in [2.05, 4.69) is 43.8 Å². The molecule has 79 valence electrons. The average Bonchev–Trinajstić information content (AvgIpc) is 2.49. The Kier molecular flexibility index (Phi) is 3.50. The summed E-state index contributed by atoms with van der Waals surface area (Å²) in [5, 5.41) is 0. The molecule has 1 N–H and O–H groups in total. The predicted octanol–water partition coefficient (Wildman–Crippen LogP) is 2.76. The number of nitrogens with zero attached hydrogens (tertiary/aromatic N) is 1. The maximum absolute atomic E-state index is 5.97. The molecule has 0 aliphatic rings. The Morgan fingerprint density at radius 2 is 2.07 bits per heavy atom. The topological polar surface area (TPSA) is 37.9 Å². The quantitative estimate of drug-likeness (QED) is 0.781. The molecule has 1 heterocycles. The fourth-order valence-electron chi connectivity index (χ4n) is 1.30. The summed E-state index contributed by atoms with van der Waals surface area (Å²) in [7, 11) is -0.701. The maximum atomic E-state index is 5.97. The second kappa shape index (κ2) is 4.27. The summed E-state index contributed by atoms with van der Waals surface area (Å²) in [6.45, 7) is 10.8. The third kappa shape index (κ3) is 2.96. The fraction of sp³-hybridized carbons (Fsp3) is 0.700. The molecule has 0 aliphatic heterocycles. The zero-order chi connectivity index (χ0) is 10.8. The van der Waals surface area contributed by atoms with Crippen molar-refractivity contribution in [1.82, 2.24) is 9.97 Å². The van der Waals surface area contributed by atoms with Gasteiger partial charge in [0.25, 0.3) is 0 Å². The number of rotatable bonds is 3. The Morgan fingerprint density at radius 3 is 2.43 bits per heavy atom.